The molecular weight excluding hydrogens is 192 g/mol. The highest BCUT2D eigenvalue weighted by atomic mass is 79.9. The molecule has 0 spiro atoms. The van der Waals surface area contributed by atoms with Gasteiger partial charge in [0, 0.05) is 11.8 Å². The third-order valence-electron chi connectivity index (χ3n) is 0.941. The Kier molecular flexibility index (Phi) is 3.04. The summed E-state index contributed by atoms with van der Waals surface area (Å²) in [4.78, 5) is 6.73. The van der Waals surface area contributed by atoms with Crippen LogP contribution in [0, 0.1) is 11.8 Å². The highest BCUT2D eigenvalue weighted by molar-refractivity contribution is 9.09. The van der Waals surface area contributed by atoms with Gasteiger partial charge in [0.25, 0.3) is 0 Å². The molecule has 0 aliphatic carbocycles. The van der Waals surface area contributed by atoms with Gasteiger partial charge >= 0.3 is 0 Å². The number of hydrogen-bond donors (Lipinski definition) is 1. The van der Waals surface area contributed by atoms with Crippen LogP contribution in [0.4, 0.5) is 0 Å². The molecule has 0 aliphatic rings. The van der Waals surface area contributed by atoms with Gasteiger partial charge < -0.3 is 4.98 Å². The Hall–Kier alpha value is -0.750. The third kappa shape index (κ3) is 2.24. The fourth-order valence-corrected chi connectivity index (χ4v) is 0.727. The Bertz CT molecular complexity index is 230. The molecule has 0 saturated heterocycles. The van der Waals surface area contributed by atoms with Gasteiger partial charge in [-0.1, -0.05) is 21.9 Å². The first-order valence-corrected chi connectivity index (χ1v) is 4.09. The average molecular weight is 199 g/mol. The van der Waals surface area contributed by atoms with E-state index in [0.717, 1.165) is 17.4 Å². The lowest BCUT2D eigenvalue weighted by atomic mass is 10.4. The average Bonchev–Trinajstić information content (AvgIpc) is 2.41. The van der Waals surface area contributed by atoms with Crippen molar-refractivity contribution >= 4 is 15.9 Å². The van der Waals surface area contributed by atoms with Crippen LogP contribution in [0.25, 0.3) is 0 Å². The van der Waals surface area contributed by atoms with Crippen LogP contribution in [0.3, 0.4) is 0 Å². The Labute approximate surface area is 68.2 Å². The maximum Gasteiger partial charge on any atom is 0.109 e. The van der Waals surface area contributed by atoms with Crippen molar-refractivity contribution in [3.05, 3.63) is 18.2 Å². The molecule has 0 radical (unpaired) electrons. The Morgan fingerprint density at radius 1 is 1.70 bits per heavy atom. The number of imidazole rings is 1. The lowest BCUT2D eigenvalue weighted by Crippen LogP contribution is -1.71. The molecule has 1 aromatic rings. The first-order chi connectivity index (χ1) is 4.93. The van der Waals surface area contributed by atoms with Crippen molar-refractivity contribution in [2.75, 3.05) is 5.33 Å². The quantitative estimate of drug-likeness (QED) is 0.539. The lowest BCUT2D eigenvalue weighted by Gasteiger charge is -1.76. The highest BCUT2D eigenvalue weighted by Gasteiger charge is 1.81. The number of nitrogens with zero attached hydrogens (tertiary/aromatic N) is 1. The van der Waals surface area contributed by atoms with Crippen molar-refractivity contribution in [2.24, 2.45) is 0 Å². The molecule has 0 bridgehead atoms. The zero-order valence-corrected chi connectivity index (χ0v) is 6.98. The molecule has 52 valence electrons. The van der Waals surface area contributed by atoms with Gasteiger partial charge in [-0.3, -0.25) is 0 Å². The van der Waals surface area contributed by atoms with Crippen molar-refractivity contribution < 1.29 is 0 Å². The van der Waals surface area contributed by atoms with Gasteiger partial charge in [-0.05, 0) is 5.92 Å². The second-order valence-corrected chi connectivity index (χ2v) is 2.50. The summed E-state index contributed by atoms with van der Waals surface area (Å²) < 4.78 is 0. The van der Waals surface area contributed by atoms with Crippen LogP contribution in [-0.4, -0.2) is 15.3 Å². The molecule has 0 saturated carbocycles. The molecule has 2 nitrogen and oxygen atoms in total. The topological polar surface area (TPSA) is 28.7 Å². The van der Waals surface area contributed by atoms with E-state index >= 15 is 0 Å². The molecule has 1 aromatic heterocycles. The first kappa shape index (κ1) is 7.36. The highest BCUT2D eigenvalue weighted by Crippen LogP contribution is 1.88. The molecule has 0 fully saturated rings. The maximum absolute atomic E-state index is 3.83. The summed E-state index contributed by atoms with van der Waals surface area (Å²) in [6, 6.07) is 0. The van der Waals surface area contributed by atoms with E-state index in [1.165, 1.54) is 0 Å². The monoisotopic (exact) mass is 198 g/mol. The molecule has 1 heterocycles. The van der Waals surface area contributed by atoms with Gasteiger partial charge in [0.2, 0.25) is 0 Å². The Morgan fingerprint density at radius 2 is 2.60 bits per heavy atom. The van der Waals surface area contributed by atoms with Crippen LogP contribution < -0.4 is 0 Å². The predicted molar refractivity (Wildman–Crippen MR) is 43.9 cm³/mol. The van der Waals surface area contributed by atoms with Gasteiger partial charge in [0.15, 0.2) is 0 Å². The van der Waals surface area contributed by atoms with Crippen LogP contribution >= 0.6 is 15.9 Å². The van der Waals surface area contributed by atoms with Crippen molar-refractivity contribution in [1.82, 2.24) is 9.97 Å². The van der Waals surface area contributed by atoms with E-state index in [4.69, 9.17) is 0 Å². The van der Waals surface area contributed by atoms with E-state index in [0.29, 0.717) is 0 Å². The van der Waals surface area contributed by atoms with Crippen molar-refractivity contribution in [3.8, 4) is 11.8 Å². The van der Waals surface area contributed by atoms with Gasteiger partial charge in [-0.25, -0.2) is 4.98 Å². The zero-order valence-electron chi connectivity index (χ0n) is 5.39. The summed E-state index contributed by atoms with van der Waals surface area (Å²) in [5, 5.41) is 0.925. The first-order valence-electron chi connectivity index (χ1n) is 2.96. The van der Waals surface area contributed by atoms with Crippen LogP contribution in [0.5, 0.6) is 0 Å². The van der Waals surface area contributed by atoms with E-state index < -0.39 is 0 Å². The minimum Gasteiger partial charge on any atom is -0.338 e. The number of nitrogens with one attached hydrogen (secondary N) is 1. The molecule has 0 unspecified atom stereocenters. The number of hydrogen-bond acceptors (Lipinski definition) is 1. The Morgan fingerprint density at radius 3 is 3.20 bits per heavy atom. The maximum atomic E-state index is 3.83. The molecule has 10 heavy (non-hydrogen) atoms. The largest absolute Gasteiger partial charge is 0.338 e. The molecule has 0 amide bonds. The summed E-state index contributed by atoms with van der Waals surface area (Å²) in [6.45, 7) is 0. The second-order valence-electron chi connectivity index (χ2n) is 1.71. The summed E-state index contributed by atoms with van der Waals surface area (Å²) in [5.41, 5.74) is 0.876. The molecule has 1 N–H and O–H groups in total. The number of alkyl halides is 1. The van der Waals surface area contributed by atoms with Crippen molar-refractivity contribution in [1.29, 1.82) is 0 Å². The minimum atomic E-state index is 0.874. The Balaban J connectivity index is 2.49. The molecule has 0 atom stereocenters. The second kappa shape index (κ2) is 4.13. The summed E-state index contributed by atoms with van der Waals surface area (Å²) in [5.74, 6) is 5.90. The summed E-state index contributed by atoms with van der Waals surface area (Å²) in [6.07, 6.45) is 4.21. The van der Waals surface area contributed by atoms with Gasteiger partial charge in [-0.15, -0.1) is 0 Å². The SMILES string of the molecule is BrCCC#Cc1cnc[nH]1. The molecule has 3 heteroatoms. The lowest BCUT2D eigenvalue weighted by molar-refractivity contribution is 1.29. The zero-order chi connectivity index (χ0) is 7.23. The molecule has 0 aliphatic heterocycles. The predicted octanol–water partition coefficient (Wildman–Crippen LogP) is 1.55. The van der Waals surface area contributed by atoms with Crippen LogP contribution in [0.2, 0.25) is 0 Å². The fraction of sp³-hybridized carbons (Fsp3) is 0.286. The molecular formula is C7H7BrN2. The van der Waals surface area contributed by atoms with Gasteiger partial charge in [0.1, 0.15) is 5.69 Å². The fourth-order valence-electron chi connectivity index (χ4n) is 0.529. The number of aromatic nitrogens is 2. The standard InChI is InChI=1S/C7H7BrN2/c8-4-2-1-3-7-5-9-6-10-7/h5-6H,2,4H2,(H,9,10). The molecule has 1 rings (SSSR count). The van der Waals surface area contributed by atoms with Crippen LogP contribution in [-0.2, 0) is 0 Å². The van der Waals surface area contributed by atoms with E-state index in [-0.39, 0.29) is 0 Å². The van der Waals surface area contributed by atoms with Crippen molar-refractivity contribution in [2.45, 2.75) is 6.42 Å². The van der Waals surface area contributed by atoms with E-state index in [9.17, 15) is 0 Å². The van der Waals surface area contributed by atoms with E-state index in [1.807, 2.05) is 0 Å². The normalized spacial score (nSPS) is 8.50. The number of H-pyrrole nitrogens is 1. The van der Waals surface area contributed by atoms with Gasteiger partial charge in [0.05, 0.1) is 12.5 Å². The van der Waals surface area contributed by atoms with E-state index in [1.54, 1.807) is 12.5 Å². The molecule has 0 aromatic carbocycles. The van der Waals surface area contributed by atoms with Crippen LogP contribution in [0.1, 0.15) is 12.1 Å². The number of aromatic amines is 1. The summed E-state index contributed by atoms with van der Waals surface area (Å²) in [7, 11) is 0. The minimum absolute atomic E-state index is 0.874. The van der Waals surface area contributed by atoms with Gasteiger partial charge in [-0.2, -0.15) is 0 Å². The number of halogens is 1. The van der Waals surface area contributed by atoms with Crippen molar-refractivity contribution in [3.63, 3.8) is 0 Å². The van der Waals surface area contributed by atoms with E-state index in [2.05, 4.69) is 37.7 Å². The smallest absolute Gasteiger partial charge is 0.109 e. The summed E-state index contributed by atoms with van der Waals surface area (Å²) >= 11 is 3.29. The number of rotatable bonds is 1. The third-order valence-corrected chi connectivity index (χ3v) is 1.34. The van der Waals surface area contributed by atoms with Crippen LogP contribution in [0.15, 0.2) is 12.5 Å².